The molecule has 0 aromatic heterocycles. The molecule has 0 heterocycles. The molecule has 17 heavy (non-hydrogen) atoms. The zero-order chi connectivity index (χ0) is 12.8. The van der Waals surface area contributed by atoms with E-state index in [0.717, 1.165) is 16.7 Å². The molecule has 0 radical (unpaired) electrons. The number of allylic oxidation sites excluding steroid dienone is 4. The maximum atomic E-state index is 12.7. The van der Waals surface area contributed by atoms with Gasteiger partial charge in [-0.2, -0.15) is 0 Å². The van der Waals surface area contributed by atoms with E-state index in [-0.39, 0.29) is 5.82 Å². The van der Waals surface area contributed by atoms with Crippen LogP contribution < -0.4 is 0 Å². The molecule has 0 N–H and O–H groups in total. The molecule has 2 rings (SSSR count). The molecule has 0 aliphatic heterocycles. The number of hydrogen-bond acceptors (Lipinski definition) is 0. The Kier molecular flexibility index (Phi) is 5.08. The van der Waals surface area contributed by atoms with E-state index in [1.807, 2.05) is 39.0 Å². The highest BCUT2D eigenvalue weighted by atomic mass is 19.1. The summed E-state index contributed by atoms with van der Waals surface area (Å²) < 4.78 is 24.9. The number of alkyl halides is 1. The molecule has 0 bridgehead atoms. The average molecular weight is 236 g/mol. The van der Waals surface area contributed by atoms with Crippen molar-refractivity contribution in [1.82, 2.24) is 0 Å². The second-order valence-electron chi connectivity index (χ2n) is 4.39. The lowest BCUT2D eigenvalue weighted by atomic mass is 9.99. The van der Waals surface area contributed by atoms with E-state index < -0.39 is 6.17 Å². The first-order chi connectivity index (χ1) is 7.99. The zero-order valence-corrected chi connectivity index (χ0v) is 10.5. The van der Waals surface area contributed by atoms with E-state index in [1.165, 1.54) is 12.1 Å². The van der Waals surface area contributed by atoms with Gasteiger partial charge in [-0.3, -0.25) is 0 Å². The van der Waals surface area contributed by atoms with Gasteiger partial charge >= 0.3 is 0 Å². The molecule has 0 spiro atoms. The number of benzene rings is 1. The third-order valence-corrected chi connectivity index (χ3v) is 2.61. The Bertz CT molecular complexity index is 413. The van der Waals surface area contributed by atoms with Crippen LogP contribution in [0.5, 0.6) is 0 Å². The van der Waals surface area contributed by atoms with Crippen LogP contribution in [0.25, 0.3) is 0 Å². The third kappa shape index (κ3) is 4.94. The molecule has 0 amide bonds. The lowest BCUT2D eigenvalue weighted by molar-refractivity contribution is 0.376. The molecule has 0 saturated heterocycles. The first-order valence-corrected chi connectivity index (χ1v) is 5.69. The van der Waals surface area contributed by atoms with Crippen molar-refractivity contribution < 1.29 is 8.78 Å². The summed E-state index contributed by atoms with van der Waals surface area (Å²) in [6.07, 6.45) is 3.69. The lowest BCUT2D eigenvalue weighted by Gasteiger charge is -2.12. The van der Waals surface area contributed by atoms with Gasteiger partial charge in [0.05, 0.1) is 0 Å². The van der Waals surface area contributed by atoms with E-state index in [1.54, 1.807) is 6.07 Å². The van der Waals surface area contributed by atoms with Crippen LogP contribution in [0.3, 0.4) is 0 Å². The predicted molar refractivity (Wildman–Crippen MR) is 68.2 cm³/mol. The topological polar surface area (TPSA) is 0 Å². The Morgan fingerprint density at radius 2 is 1.82 bits per heavy atom. The van der Waals surface area contributed by atoms with Crippen LogP contribution in [0.2, 0.25) is 0 Å². The van der Waals surface area contributed by atoms with E-state index in [2.05, 4.69) is 0 Å². The van der Waals surface area contributed by atoms with Gasteiger partial charge in [0.1, 0.15) is 12.0 Å². The molecule has 0 saturated carbocycles. The highest BCUT2D eigenvalue weighted by molar-refractivity contribution is 5.25. The predicted octanol–water partition coefficient (Wildman–Crippen LogP) is 4.75. The quantitative estimate of drug-likeness (QED) is 0.609. The molecule has 2 heteroatoms. The average Bonchev–Trinajstić information content (AvgIpc) is 2.24. The van der Waals surface area contributed by atoms with Crippen molar-refractivity contribution in [2.24, 2.45) is 0 Å². The van der Waals surface area contributed by atoms with E-state index in [9.17, 15) is 8.78 Å². The van der Waals surface area contributed by atoms with Crippen LogP contribution in [0.1, 0.15) is 25.8 Å². The van der Waals surface area contributed by atoms with Crippen LogP contribution in [0, 0.1) is 12.7 Å². The summed E-state index contributed by atoms with van der Waals surface area (Å²) in [5.74, 6) is -0.162. The van der Waals surface area contributed by atoms with E-state index in [0.29, 0.717) is 6.42 Å². The molecule has 1 aromatic carbocycles. The number of hydrogen-bond donors (Lipinski definition) is 0. The monoisotopic (exact) mass is 236 g/mol. The maximum Gasteiger partial charge on any atom is 0.125 e. The highest BCUT2D eigenvalue weighted by Crippen LogP contribution is 2.20. The van der Waals surface area contributed by atoms with Crippen molar-refractivity contribution in [2.75, 3.05) is 0 Å². The highest BCUT2D eigenvalue weighted by Gasteiger charge is 2.11. The smallest absolute Gasteiger partial charge is 0.125 e. The van der Waals surface area contributed by atoms with Crippen LogP contribution >= 0.6 is 0 Å². The molecular weight excluding hydrogens is 218 g/mol. The number of aryl methyl sites for hydroxylation is 1. The van der Waals surface area contributed by atoms with Crippen LogP contribution in [0.4, 0.5) is 8.78 Å². The summed E-state index contributed by atoms with van der Waals surface area (Å²) >= 11 is 0. The van der Waals surface area contributed by atoms with Crippen molar-refractivity contribution in [1.29, 1.82) is 0 Å². The standard InChI is InChI=1S/C8H11F.C7H7F/c1-6-3-4-7(2)8(9)5-6;1-6-3-2-4-7(8)5-6/h3-4,8H,5H2,1-2H3;2-5H,1H3. The summed E-state index contributed by atoms with van der Waals surface area (Å²) in [6.45, 7) is 5.65. The Morgan fingerprint density at radius 3 is 2.24 bits per heavy atom. The first kappa shape index (κ1) is 13.6. The normalized spacial score (nSPS) is 18.8. The Balaban J connectivity index is 0.000000171. The van der Waals surface area contributed by atoms with Crippen LogP contribution in [-0.2, 0) is 0 Å². The number of rotatable bonds is 0. The Morgan fingerprint density at radius 1 is 1.12 bits per heavy atom. The SMILES string of the molecule is CC1=CC=C(C)C(F)C1.Cc1cccc(F)c1. The second-order valence-corrected chi connectivity index (χ2v) is 4.39. The minimum absolute atomic E-state index is 0.162. The maximum absolute atomic E-state index is 12.7. The van der Waals surface area contributed by atoms with Crippen LogP contribution in [0.15, 0.2) is 47.6 Å². The third-order valence-electron chi connectivity index (χ3n) is 2.61. The summed E-state index contributed by atoms with van der Waals surface area (Å²) in [5, 5.41) is 0. The first-order valence-electron chi connectivity index (χ1n) is 5.69. The van der Waals surface area contributed by atoms with Gasteiger partial charge in [0.15, 0.2) is 0 Å². The summed E-state index contributed by atoms with van der Waals surface area (Å²) in [4.78, 5) is 0. The van der Waals surface area contributed by atoms with Gasteiger partial charge in [-0.1, -0.05) is 29.9 Å². The fraction of sp³-hybridized carbons (Fsp3) is 0.333. The Hall–Kier alpha value is -1.44. The van der Waals surface area contributed by atoms with Gasteiger partial charge in [-0.15, -0.1) is 0 Å². The number of halogens is 2. The van der Waals surface area contributed by atoms with Gasteiger partial charge in [-0.25, -0.2) is 8.78 Å². The molecule has 0 nitrogen and oxygen atoms in total. The zero-order valence-electron chi connectivity index (χ0n) is 10.5. The molecule has 1 aliphatic rings. The molecular formula is C15H18F2. The molecule has 1 atom stereocenters. The second kappa shape index (κ2) is 6.33. The van der Waals surface area contributed by atoms with Gasteiger partial charge in [-0.05, 0) is 44.0 Å². The van der Waals surface area contributed by atoms with E-state index in [4.69, 9.17) is 0 Å². The van der Waals surface area contributed by atoms with Crippen molar-refractivity contribution in [2.45, 2.75) is 33.4 Å². The molecule has 1 unspecified atom stereocenters. The molecule has 92 valence electrons. The van der Waals surface area contributed by atoms with Crippen molar-refractivity contribution in [3.05, 3.63) is 58.9 Å². The minimum atomic E-state index is -0.727. The summed E-state index contributed by atoms with van der Waals surface area (Å²) in [5.41, 5.74) is 2.94. The lowest BCUT2D eigenvalue weighted by Crippen LogP contribution is -2.05. The Labute approximate surface area is 102 Å². The molecule has 1 aliphatic carbocycles. The van der Waals surface area contributed by atoms with Crippen molar-refractivity contribution in [3.63, 3.8) is 0 Å². The minimum Gasteiger partial charge on any atom is -0.242 e. The fourth-order valence-electron chi connectivity index (χ4n) is 1.50. The van der Waals surface area contributed by atoms with Crippen LogP contribution in [-0.4, -0.2) is 6.17 Å². The van der Waals surface area contributed by atoms with Gasteiger partial charge in [0, 0.05) is 6.42 Å². The van der Waals surface area contributed by atoms with Gasteiger partial charge in [0.2, 0.25) is 0 Å². The summed E-state index contributed by atoms with van der Waals surface area (Å²) in [6, 6.07) is 6.50. The molecule has 1 aromatic rings. The van der Waals surface area contributed by atoms with Crippen molar-refractivity contribution >= 4 is 0 Å². The largest absolute Gasteiger partial charge is 0.242 e. The fourth-order valence-corrected chi connectivity index (χ4v) is 1.50. The van der Waals surface area contributed by atoms with E-state index >= 15 is 0 Å². The van der Waals surface area contributed by atoms with Crippen molar-refractivity contribution in [3.8, 4) is 0 Å². The molecule has 0 fully saturated rings. The van der Waals surface area contributed by atoms with Gasteiger partial charge < -0.3 is 0 Å². The summed E-state index contributed by atoms with van der Waals surface area (Å²) in [7, 11) is 0. The van der Waals surface area contributed by atoms with Gasteiger partial charge in [0.25, 0.3) is 0 Å².